The summed E-state index contributed by atoms with van der Waals surface area (Å²) in [6.07, 6.45) is 1.28. The van der Waals surface area contributed by atoms with E-state index in [0.29, 0.717) is 22.7 Å². The Morgan fingerprint density at radius 1 is 1.25 bits per heavy atom. The molecule has 0 atom stereocenters. The van der Waals surface area contributed by atoms with Crippen LogP contribution in [-0.4, -0.2) is 27.0 Å². The van der Waals surface area contributed by atoms with E-state index in [0.717, 1.165) is 17.0 Å². The van der Waals surface area contributed by atoms with E-state index in [-0.39, 0.29) is 16.7 Å². The maximum atomic E-state index is 12.4. The Kier molecular flexibility index (Phi) is 6.02. The Labute approximate surface area is 172 Å². The molecule has 3 aromatic rings. The molecule has 0 aliphatic rings. The van der Waals surface area contributed by atoms with Gasteiger partial charge in [0.1, 0.15) is 5.75 Å². The zero-order chi connectivity index (χ0) is 20.3. The quantitative estimate of drug-likeness (QED) is 0.479. The van der Waals surface area contributed by atoms with Gasteiger partial charge >= 0.3 is 0 Å². The zero-order valence-corrected chi connectivity index (χ0v) is 16.8. The number of carbonyl (C=O) groups excluding carboxylic acids is 1. The second kappa shape index (κ2) is 8.46. The molecule has 1 heterocycles. The Balaban J connectivity index is 1.70. The summed E-state index contributed by atoms with van der Waals surface area (Å²) in [5, 5.41) is 18.7. The van der Waals surface area contributed by atoms with Gasteiger partial charge in [-0.2, -0.15) is 10.2 Å². The van der Waals surface area contributed by atoms with Crippen LogP contribution in [0.5, 0.6) is 5.75 Å². The van der Waals surface area contributed by atoms with Crippen LogP contribution in [0, 0.1) is 13.8 Å². The first-order valence-corrected chi connectivity index (χ1v) is 9.20. The Hall–Kier alpha value is -2.83. The number of aryl methyl sites for hydroxylation is 2. The lowest BCUT2D eigenvalue weighted by atomic mass is 10.1. The van der Waals surface area contributed by atoms with Gasteiger partial charge in [-0.3, -0.25) is 9.48 Å². The molecular formula is C20H18Cl2N4O2. The minimum Gasteiger partial charge on any atom is -0.506 e. The van der Waals surface area contributed by atoms with Crippen molar-refractivity contribution >= 4 is 35.3 Å². The highest BCUT2D eigenvalue weighted by Crippen LogP contribution is 2.29. The topological polar surface area (TPSA) is 79.5 Å². The lowest BCUT2D eigenvalue weighted by molar-refractivity contribution is 0.0955. The number of phenols is 1. The Bertz CT molecular complexity index is 1060. The van der Waals surface area contributed by atoms with Gasteiger partial charge in [-0.05, 0) is 49.7 Å². The highest BCUT2D eigenvalue weighted by molar-refractivity contribution is 6.36. The van der Waals surface area contributed by atoms with Gasteiger partial charge in [0, 0.05) is 21.8 Å². The number of carbonyl (C=O) groups is 1. The summed E-state index contributed by atoms with van der Waals surface area (Å²) < 4.78 is 1.89. The zero-order valence-electron chi connectivity index (χ0n) is 15.3. The Morgan fingerprint density at radius 3 is 2.75 bits per heavy atom. The fourth-order valence-corrected chi connectivity index (χ4v) is 3.24. The van der Waals surface area contributed by atoms with Crippen molar-refractivity contribution in [2.45, 2.75) is 20.4 Å². The minimum absolute atomic E-state index is 0.108. The number of hydrogen-bond donors (Lipinski definition) is 2. The van der Waals surface area contributed by atoms with Crippen molar-refractivity contribution in [3.05, 3.63) is 80.6 Å². The fourth-order valence-electron chi connectivity index (χ4n) is 2.73. The average Bonchev–Trinajstić information content (AvgIpc) is 2.96. The molecule has 0 bridgehead atoms. The molecule has 6 nitrogen and oxygen atoms in total. The number of hydrogen-bond acceptors (Lipinski definition) is 4. The van der Waals surface area contributed by atoms with E-state index in [1.54, 1.807) is 12.1 Å². The number of aromatic nitrogens is 2. The molecule has 0 radical (unpaired) electrons. The van der Waals surface area contributed by atoms with E-state index < -0.39 is 0 Å². The number of aromatic hydroxyl groups is 1. The number of nitrogens with one attached hydrogen (secondary N) is 1. The van der Waals surface area contributed by atoms with Crippen LogP contribution in [0.25, 0.3) is 0 Å². The van der Waals surface area contributed by atoms with Crippen LogP contribution in [0.3, 0.4) is 0 Å². The number of amides is 1. The second-order valence-electron chi connectivity index (χ2n) is 6.31. The third-order valence-electron chi connectivity index (χ3n) is 4.05. The van der Waals surface area contributed by atoms with Crippen molar-refractivity contribution in [3.8, 4) is 5.75 Å². The van der Waals surface area contributed by atoms with Gasteiger partial charge in [-0.25, -0.2) is 5.43 Å². The normalized spacial score (nSPS) is 11.1. The van der Waals surface area contributed by atoms with Crippen molar-refractivity contribution in [1.82, 2.24) is 15.2 Å². The number of halogens is 2. The highest BCUT2D eigenvalue weighted by Gasteiger charge is 2.09. The van der Waals surface area contributed by atoms with Crippen LogP contribution in [0.15, 0.2) is 47.6 Å². The molecule has 8 heteroatoms. The molecule has 0 aliphatic heterocycles. The summed E-state index contributed by atoms with van der Waals surface area (Å²) in [6.45, 7) is 4.50. The molecule has 0 fully saturated rings. The van der Waals surface area contributed by atoms with Crippen molar-refractivity contribution in [3.63, 3.8) is 0 Å². The summed E-state index contributed by atoms with van der Waals surface area (Å²) in [4.78, 5) is 12.4. The largest absolute Gasteiger partial charge is 0.506 e. The van der Waals surface area contributed by atoms with Crippen LogP contribution in [0.1, 0.15) is 32.9 Å². The van der Waals surface area contributed by atoms with Crippen molar-refractivity contribution in [2.24, 2.45) is 5.10 Å². The number of phenolic OH excluding ortho intramolecular Hbond substituents is 1. The molecule has 0 spiro atoms. The number of hydrazone groups is 1. The molecule has 2 N–H and O–H groups in total. The number of rotatable bonds is 5. The van der Waals surface area contributed by atoms with E-state index in [1.807, 2.05) is 36.7 Å². The third-order valence-corrected chi connectivity index (χ3v) is 4.56. The summed E-state index contributed by atoms with van der Waals surface area (Å²) in [6, 6.07) is 12.1. The first-order valence-electron chi connectivity index (χ1n) is 8.45. The van der Waals surface area contributed by atoms with E-state index in [2.05, 4.69) is 15.6 Å². The average molecular weight is 417 g/mol. The van der Waals surface area contributed by atoms with Gasteiger partial charge in [-0.15, -0.1) is 0 Å². The lowest BCUT2D eigenvalue weighted by Crippen LogP contribution is -2.18. The predicted molar refractivity (Wildman–Crippen MR) is 110 cm³/mol. The molecule has 0 saturated heterocycles. The van der Waals surface area contributed by atoms with Gasteiger partial charge in [0.15, 0.2) is 0 Å². The standard InChI is InChI=1S/C20H18Cl2N4O2/c1-12-6-13(2)26(25-12)11-14-4-3-5-15(7-14)20(28)24-23-10-16-8-17(21)9-18(22)19(16)27/h3-10,27H,11H2,1-2H3,(H,24,28)/b23-10+. The number of nitrogens with zero attached hydrogens (tertiary/aromatic N) is 3. The first kappa shape index (κ1) is 19.9. The smallest absolute Gasteiger partial charge is 0.271 e. The minimum atomic E-state index is -0.376. The molecule has 28 heavy (non-hydrogen) atoms. The molecule has 0 unspecified atom stereocenters. The van der Waals surface area contributed by atoms with Crippen LogP contribution >= 0.6 is 23.2 Å². The van der Waals surface area contributed by atoms with Gasteiger partial charge in [0.05, 0.1) is 23.5 Å². The van der Waals surface area contributed by atoms with E-state index in [4.69, 9.17) is 23.2 Å². The van der Waals surface area contributed by atoms with Crippen LogP contribution < -0.4 is 5.43 Å². The fraction of sp³-hybridized carbons (Fsp3) is 0.150. The third kappa shape index (κ3) is 4.71. The molecule has 0 aliphatic carbocycles. The maximum Gasteiger partial charge on any atom is 0.271 e. The SMILES string of the molecule is Cc1cc(C)n(Cc2cccc(C(=O)N/N=C/c3cc(Cl)cc(Cl)c3O)c2)n1. The van der Waals surface area contributed by atoms with Gasteiger partial charge in [0.2, 0.25) is 0 Å². The van der Waals surface area contributed by atoms with E-state index >= 15 is 0 Å². The molecule has 1 aromatic heterocycles. The Morgan fingerprint density at radius 2 is 2.04 bits per heavy atom. The molecule has 144 valence electrons. The predicted octanol–water partition coefficient (Wildman–Crippen LogP) is 4.32. The van der Waals surface area contributed by atoms with Gasteiger partial charge in [0.25, 0.3) is 5.91 Å². The van der Waals surface area contributed by atoms with Gasteiger partial charge in [-0.1, -0.05) is 35.3 Å². The second-order valence-corrected chi connectivity index (χ2v) is 7.15. The van der Waals surface area contributed by atoms with E-state index in [1.165, 1.54) is 18.3 Å². The molecule has 1 amide bonds. The molecular weight excluding hydrogens is 399 g/mol. The summed E-state index contributed by atoms with van der Waals surface area (Å²) in [5.41, 5.74) is 6.14. The molecule has 0 saturated carbocycles. The summed E-state index contributed by atoms with van der Waals surface area (Å²) in [5.74, 6) is -0.532. The summed E-state index contributed by atoms with van der Waals surface area (Å²) in [7, 11) is 0. The lowest BCUT2D eigenvalue weighted by Gasteiger charge is -2.07. The summed E-state index contributed by atoms with van der Waals surface area (Å²) >= 11 is 11.8. The van der Waals surface area contributed by atoms with Crippen LogP contribution in [0.2, 0.25) is 10.0 Å². The van der Waals surface area contributed by atoms with Crippen molar-refractivity contribution < 1.29 is 9.90 Å². The first-order chi connectivity index (χ1) is 13.3. The van der Waals surface area contributed by atoms with Crippen LogP contribution in [-0.2, 0) is 6.54 Å². The molecule has 2 aromatic carbocycles. The van der Waals surface area contributed by atoms with Crippen molar-refractivity contribution in [1.29, 1.82) is 0 Å². The van der Waals surface area contributed by atoms with Crippen LogP contribution in [0.4, 0.5) is 0 Å². The maximum absolute atomic E-state index is 12.4. The molecule has 3 rings (SSSR count). The number of benzene rings is 2. The highest BCUT2D eigenvalue weighted by atomic mass is 35.5. The van der Waals surface area contributed by atoms with Gasteiger partial charge < -0.3 is 5.11 Å². The van der Waals surface area contributed by atoms with E-state index in [9.17, 15) is 9.90 Å². The van der Waals surface area contributed by atoms with Crippen molar-refractivity contribution in [2.75, 3.05) is 0 Å². The monoisotopic (exact) mass is 416 g/mol.